The summed E-state index contributed by atoms with van der Waals surface area (Å²) in [7, 11) is 0. The topological polar surface area (TPSA) is 59.8 Å². The zero-order valence-electron chi connectivity index (χ0n) is 13.4. The van der Waals surface area contributed by atoms with Crippen LogP contribution in [0.2, 0.25) is 0 Å². The zero-order chi connectivity index (χ0) is 16.8. The van der Waals surface area contributed by atoms with Gasteiger partial charge in [0.15, 0.2) is 0 Å². The molecule has 0 fully saturated rings. The van der Waals surface area contributed by atoms with Gasteiger partial charge in [-0.1, -0.05) is 30.4 Å². The zero-order valence-corrected chi connectivity index (χ0v) is 13.4. The summed E-state index contributed by atoms with van der Waals surface area (Å²) in [5.41, 5.74) is 3.85. The minimum atomic E-state index is -0.0472. The maximum atomic E-state index is 11.0. The van der Waals surface area contributed by atoms with E-state index in [1.165, 1.54) is 6.92 Å². The number of nitrogens with zero attached hydrogens (tertiary/aromatic N) is 3. The van der Waals surface area contributed by atoms with Crippen LogP contribution >= 0.6 is 0 Å². The molecule has 1 N–H and O–H groups in total. The Kier molecular flexibility index (Phi) is 4.81. The Morgan fingerprint density at radius 2 is 1.92 bits per heavy atom. The standard InChI is InChI=1S/C19H18N4O/c1-15(24)21-11-5-6-17-14-23(18-7-3-2-4-8-18)22-19(17)16-9-12-20-13-10-16/h2-10,12-14H,11H2,1H3,(H,21,24). The van der Waals surface area contributed by atoms with Crippen molar-refractivity contribution in [3.63, 3.8) is 0 Å². The summed E-state index contributed by atoms with van der Waals surface area (Å²) in [6, 6.07) is 13.8. The third-order valence-electron chi connectivity index (χ3n) is 3.48. The third kappa shape index (κ3) is 3.76. The molecule has 1 amide bonds. The van der Waals surface area contributed by atoms with Gasteiger partial charge in [-0.25, -0.2) is 4.68 Å². The van der Waals surface area contributed by atoms with Gasteiger partial charge in [0.25, 0.3) is 0 Å². The minimum absolute atomic E-state index is 0.0472. The average Bonchev–Trinajstić information content (AvgIpc) is 3.04. The molecule has 2 heterocycles. The molecule has 0 saturated heterocycles. The lowest BCUT2D eigenvalue weighted by Crippen LogP contribution is -2.19. The number of hydrogen-bond donors (Lipinski definition) is 1. The SMILES string of the molecule is CC(=O)NCC=Cc1cn(-c2ccccc2)nc1-c1ccncc1. The summed E-state index contributed by atoms with van der Waals surface area (Å²) in [4.78, 5) is 15.0. The van der Waals surface area contributed by atoms with Crippen LogP contribution in [0.4, 0.5) is 0 Å². The number of hydrogen-bond acceptors (Lipinski definition) is 3. The lowest BCUT2D eigenvalue weighted by Gasteiger charge is -2.00. The highest BCUT2D eigenvalue weighted by atomic mass is 16.1. The Balaban J connectivity index is 1.96. The fourth-order valence-corrected chi connectivity index (χ4v) is 2.34. The van der Waals surface area contributed by atoms with Gasteiger partial charge in [-0.2, -0.15) is 5.10 Å². The van der Waals surface area contributed by atoms with E-state index < -0.39 is 0 Å². The van der Waals surface area contributed by atoms with Crippen LogP contribution in [0.15, 0.2) is 67.1 Å². The first-order valence-electron chi connectivity index (χ1n) is 7.70. The van der Waals surface area contributed by atoms with E-state index in [9.17, 15) is 4.79 Å². The van der Waals surface area contributed by atoms with E-state index >= 15 is 0 Å². The van der Waals surface area contributed by atoms with Gasteiger partial charge in [-0.05, 0) is 24.3 Å². The van der Waals surface area contributed by atoms with Crippen molar-refractivity contribution in [1.29, 1.82) is 0 Å². The number of rotatable bonds is 5. The van der Waals surface area contributed by atoms with E-state index in [1.54, 1.807) is 12.4 Å². The molecule has 3 aromatic rings. The molecule has 0 atom stereocenters. The molecule has 120 valence electrons. The molecule has 0 bridgehead atoms. The summed E-state index contributed by atoms with van der Waals surface area (Å²) in [5, 5.41) is 7.47. The first-order chi connectivity index (χ1) is 11.7. The first kappa shape index (κ1) is 15.7. The smallest absolute Gasteiger partial charge is 0.217 e. The van der Waals surface area contributed by atoms with Crippen molar-refractivity contribution in [3.05, 3.63) is 72.7 Å². The highest BCUT2D eigenvalue weighted by Gasteiger charge is 2.10. The molecule has 2 aromatic heterocycles. The van der Waals surface area contributed by atoms with Gasteiger partial charge in [0.2, 0.25) is 5.91 Å². The Hall–Kier alpha value is -3.21. The quantitative estimate of drug-likeness (QED) is 0.786. The van der Waals surface area contributed by atoms with E-state index in [4.69, 9.17) is 5.10 Å². The largest absolute Gasteiger partial charge is 0.353 e. The lowest BCUT2D eigenvalue weighted by molar-refractivity contribution is -0.118. The Morgan fingerprint density at radius 1 is 1.17 bits per heavy atom. The van der Waals surface area contributed by atoms with E-state index in [2.05, 4.69) is 10.3 Å². The maximum absolute atomic E-state index is 11.0. The predicted octanol–water partition coefficient (Wildman–Crippen LogP) is 3.08. The highest BCUT2D eigenvalue weighted by Crippen LogP contribution is 2.24. The van der Waals surface area contributed by atoms with Gasteiger partial charge in [0.1, 0.15) is 5.69 Å². The second-order valence-corrected chi connectivity index (χ2v) is 5.29. The van der Waals surface area contributed by atoms with Crippen LogP contribution in [-0.2, 0) is 4.79 Å². The van der Waals surface area contributed by atoms with Crippen LogP contribution in [0.1, 0.15) is 12.5 Å². The second kappa shape index (κ2) is 7.37. The number of benzene rings is 1. The van der Waals surface area contributed by atoms with E-state index in [1.807, 2.05) is 65.5 Å². The number of carbonyl (C=O) groups excluding carboxylic acids is 1. The number of carbonyl (C=O) groups is 1. The maximum Gasteiger partial charge on any atom is 0.217 e. The van der Waals surface area contributed by atoms with Gasteiger partial charge in [-0.15, -0.1) is 0 Å². The van der Waals surface area contributed by atoms with Crippen LogP contribution < -0.4 is 5.32 Å². The lowest BCUT2D eigenvalue weighted by atomic mass is 10.1. The van der Waals surface area contributed by atoms with Crippen LogP contribution in [-0.4, -0.2) is 27.2 Å². The molecular formula is C19H18N4O. The van der Waals surface area contributed by atoms with Crippen molar-refractivity contribution in [1.82, 2.24) is 20.1 Å². The fourth-order valence-electron chi connectivity index (χ4n) is 2.34. The fraction of sp³-hybridized carbons (Fsp3) is 0.105. The summed E-state index contributed by atoms with van der Waals surface area (Å²) in [6.07, 6.45) is 9.37. The Labute approximate surface area is 140 Å². The molecule has 5 heteroatoms. The van der Waals surface area contributed by atoms with Crippen molar-refractivity contribution in [2.45, 2.75) is 6.92 Å². The van der Waals surface area contributed by atoms with Gasteiger partial charge >= 0.3 is 0 Å². The minimum Gasteiger partial charge on any atom is -0.353 e. The number of nitrogens with one attached hydrogen (secondary N) is 1. The van der Waals surface area contributed by atoms with Crippen LogP contribution in [0.5, 0.6) is 0 Å². The molecule has 0 aliphatic rings. The number of para-hydroxylation sites is 1. The monoisotopic (exact) mass is 318 g/mol. The molecule has 5 nitrogen and oxygen atoms in total. The molecule has 24 heavy (non-hydrogen) atoms. The van der Waals surface area contributed by atoms with Crippen molar-refractivity contribution >= 4 is 12.0 Å². The number of pyridine rings is 1. The van der Waals surface area contributed by atoms with E-state index in [0.717, 1.165) is 22.5 Å². The second-order valence-electron chi connectivity index (χ2n) is 5.29. The molecule has 0 radical (unpaired) electrons. The van der Waals surface area contributed by atoms with Crippen LogP contribution in [0.25, 0.3) is 23.0 Å². The number of amides is 1. The number of aromatic nitrogens is 3. The first-order valence-corrected chi connectivity index (χ1v) is 7.70. The highest BCUT2D eigenvalue weighted by molar-refractivity contribution is 5.74. The summed E-state index contributed by atoms with van der Waals surface area (Å²) >= 11 is 0. The van der Waals surface area contributed by atoms with Gasteiger partial charge < -0.3 is 5.32 Å². The van der Waals surface area contributed by atoms with Crippen molar-refractivity contribution in [2.24, 2.45) is 0 Å². The molecule has 0 unspecified atom stereocenters. The van der Waals surface area contributed by atoms with E-state index in [-0.39, 0.29) is 5.91 Å². The molecule has 0 aliphatic carbocycles. The predicted molar refractivity (Wildman–Crippen MR) is 94.5 cm³/mol. The molecule has 1 aromatic carbocycles. The average molecular weight is 318 g/mol. The van der Waals surface area contributed by atoms with Crippen molar-refractivity contribution in [3.8, 4) is 16.9 Å². The van der Waals surface area contributed by atoms with Gasteiger partial charge in [-0.3, -0.25) is 9.78 Å². The van der Waals surface area contributed by atoms with Crippen molar-refractivity contribution in [2.75, 3.05) is 6.54 Å². The Morgan fingerprint density at radius 3 is 2.62 bits per heavy atom. The van der Waals surface area contributed by atoms with Crippen LogP contribution in [0.3, 0.4) is 0 Å². The molecule has 3 rings (SSSR count). The Bertz CT molecular complexity index is 838. The molecule has 0 saturated carbocycles. The summed E-state index contributed by atoms with van der Waals surface area (Å²) in [6.45, 7) is 1.99. The van der Waals surface area contributed by atoms with E-state index in [0.29, 0.717) is 6.54 Å². The third-order valence-corrected chi connectivity index (χ3v) is 3.48. The summed E-state index contributed by atoms with van der Waals surface area (Å²) < 4.78 is 1.85. The van der Waals surface area contributed by atoms with Gasteiger partial charge in [0.05, 0.1) is 5.69 Å². The normalized spacial score (nSPS) is 10.9. The van der Waals surface area contributed by atoms with Gasteiger partial charge in [0, 0.05) is 43.2 Å². The molecular weight excluding hydrogens is 300 g/mol. The van der Waals surface area contributed by atoms with Crippen LogP contribution in [0, 0.1) is 0 Å². The molecule has 0 aliphatic heterocycles. The summed E-state index contributed by atoms with van der Waals surface area (Å²) in [5.74, 6) is -0.0472. The van der Waals surface area contributed by atoms with Crippen molar-refractivity contribution < 1.29 is 4.79 Å². The molecule has 0 spiro atoms.